The van der Waals surface area contributed by atoms with Crippen LogP contribution < -0.4 is 0 Å². The van der Waals surface area contributed by atoms with Crippen LogP contribution in [0.1, 0.15) is 15.9 Å². The van der Waals surface area contributed by atoms with Crippen LogP contribution in [-0.2, 0) is 0 Å². The SMILES string of the molecule is O=C(c1cnn(-c2ccc(Cl)nn2)c1)c1cc(Cl)ccc1O. The maximum absolute atomic E-state index is 12.4. The van der Waals surface area contributed by atoms with Gasteiger partial charge >= 0.3 is 0 Å². The highest BCUT2D eigenvalue weighted by Crippen LogP contribution is 2.24. The molecule has 0 amide bonds. The summed E-state index contributed by atoms with van der Waals surface area (Å²) in [6, 6.07) is 7.45. The first-order chi connectivity index (χ1) is 10.5. The van der Waals surface area contributed by atoms with Crippen LogP contribution in [0, 0.1) is 0 Å². The number of aromatic hydroxyl groups is 1. The zero-order valence-electron chi connectivity index (χ0n) is 10.9. The number of carbonyl (C=O) groups excluding carboxylic acids is 1. The summed E-state index contributed by atoms with van der Waals surface area (Å²) >= 11 is 11.5. The number of carbonyl (C=O) groups is 1. The minimum absolute atomic E-state index is 0.106. The van der Waals surface area contributed by atoms with Crippen molar-refractivity contribution in [1.82, 2.24) is 20.0 Å². The van der Waals surface area contributed by atoms with Gasteiger partial charge in [-0.1, -0.05) is 23.2 Å². The summed E-state index contributed by atoms with van der Waals surface area (Å²) < 4.78 is 1.39. The molecule has 0 bridgehead atoms. The number of benzene rings is 1. The molecule has 8 heteroatoms. The molecule has 0 fully saturated rings. The van der Waals surface area contributed by atoms with Crippen molar-refractivity contribution in [2.45, 2.75) is 0 Å². The largest absolute Gasteiger partial charge is 0.507 e. The van der Waals surface area contributed by atoms with E-state index in [-0.39, 0.29) is 22.0 Å². The second-order valence-corrected chi connectivity index (χ2v) is 5.20. The smallest absolute Gasteiger partial charge is 0.199 e. The summed E-state index contributed by atoms with van der Waals surface area (Å²) in [4.78, 5) is 12.4. The summed E-state index contributed by atoms with van der Waals surface area (Å²) in [5.41, 5.74) is 0.392. The second-order valence-electron chi connectivity index (χ2n) is 4.38. The molecule has 0 aliphatic carbocycles. The molecule has 110 valence electrons. The molecule has 2 aromatic heterocycles. The lowest BCUT2D eigenvalue weighted by molar-refractivity contribution is 0.103. The van der Waals surface area contributed by atoms with Crippen molar-refractivity contribution >= 4 is 29.0 Å². The molecular formula is C14H8Cl2N4O2. The Hall–Kier alpha value is -2.44. The van der Waals surface area contributed by atoms with E-state index in [9.17, 15) is 9.90 Å². The molecule has 2 heterocycles. The topological polar surface area (TPSA) is 80.9 Å². The van der Waals surface area contributed by atoms with Crippen molar-refractivity contribution in [2.24, 2.45) is 0 Å². The highest BCUT2D eigenvalue weighted by molar-refractivity contribution is 6.31. The Morgan fingerprint density at radius 3 is 2.68 bits per heavy atom. The second kappa shape index (κ2) is 5.75. The lowest BCUT2D eigenvalue weighted by atomic mass is 10.1. The van der Waals surface area contributed by atoms with E-state index < -0.39 is 5.78 Å². The number of aromatic nitrogens is 4. The Bertz CT molecular complexity index is 846. The maximum Gasteiger partial charge on any atom is 0.199 e. The number of ketones is 1. The first-order valence-electron chi connectivity index (χ1n) is 6.12. The molecule has 0 saturated heterocycles. The molecule has 0 unspecified atom stereocenters. The first-order valence-corrected chi connectivity index (χ1v) is 6.87. The van der Waals surface area contributed by atoms with Gasteiger partial charge in [-0.05, 0) is 30.3 Å². The zero-order chi connectivity index (χ0) is 15.7. The molecule has 0 saturated carbocycles. The van der Waals surface area contributed by atoms with Crippen LogP contribution in [0.15, 0.2) is 42.7 Å². The first kappa shape index (κ1) is 14.5. The molecule has 0 aliphatic heterocycles. The van der Waals surface area contributed by atoms with Gasteiger partial charge in [0.2, 0.25) is 0 Å². The third kappa shape index (κ3) is 2.79. The highest BCUT2D eigenvalue weighted by Gasteiger charge is 2.16. The summed E-state index contributed by atoms with van der Waals surface area (Å²) in [6.45, 7) is 0. The summed E-state index contributed by atoms with van der Waals surface area (Å²) in [6.07, 6.45) is 2.86. The number of halogens is 2. The van der Waals surface area contributed by atoms with Gasteiger partial charge in [0.25, 0.3) is 0 Å². The zero-order valence-corrected chi connectivity index (χ0v) is 12.5. The highest BCUT2D eigenvalue weighted by atomic mass is 35.5. The van der Waals surface area contributed by atoms with Crippen molar-refractivity contribution in [3.63, 3.8) is 0 Å². The molecule has 6 nitrogen and oxygen atoms in total. The fourth-order valence-corrected chi connectivity index (χ4v) is 2.12. The van der Waals surface area contributed by atoms with Gasteiger partial charge in [-0.3, -0.25) is 4.79 Å². The molecular weight excluding hydrogens is 327 g/mol. The van der Waals surface area contributed by atoms with Crippen LogP contribution in [0.2, 0.25) is 10.2 Å². The van der Waals surface area contributed by atoms with Crippen molar-refractivity contribution in [3.05, 3.63) is 64.0 Å². The molecule has 0 atom stereocenters. The van der Waals surface area contributed by atoms with Crippen molar-refractivity contribution in [3.8, 4) is 11.6 Å². The normalized spacial score (nSPS) is 10.6. The molecule has 3 rings (SSSR count). The minimum atomic E-state index is -0.395. The quantitative estimate of drug-likeness (QED) is 0.745. The Balaban J connectivity index is 1.95. The number of rotatable bonds is 3. The standard InChI is InChI=1S/C14H8Cl2N4O2/c15-9-1-2-11(21)10(5-9)14(22)8-6-17-20(7-8)13-4-3-12(16)18-19-13/h1-7,21H. The maximum atomic E-state index is 12.4. The number of nitrogens with zero attached hydrogens (tertiary/aromatic N) is 4. The van der Waals surface area contributed by atoms with E-state index in [1.165, 1.54) is 35.3 Å². The van der Waals surface area contributed by atoms with Gasteiger partial charge < -0.3 is 5.11 Å². The van der Waals surface area contributed by atoms with E-state index in [0.29, 0.717) is 10.8 Å². The van der Waals surface area contributed by atoms with E-state index in [0.717, 1.165) is 0 Å². The van der Waals surface area contributed by atoms with Crippen LogP contribution >= 0.6 is 23.2 Å². The average molecular weight is 335 g/mol. The average Bonchev–Trinajstić information content (AvgIpc) is 2.99. The van der Waals surface area contributed by atoms with Crippen LogP contribution in [0.3, 0.4) is 0 Å². The third-order valence-corrected chi connectivity index (χ3v) is 3.34. The van der Waals surface area contributed by atoms with E-state index in [1.807, 2.05) is 0 Å². The summed E-state index contributed by atoms with van der Waals surface area (Å²) in [7, 11) is 0. The fraction of sp³-hybridized carbons (Fsp3) is 0. The van der Waals surface area contributed by atoms with Gasteiger partial charge in [0.05, 0.1) is 17.3 Å². The number of phenols is 1. The molecule has 0 radical (unpaired) electrons. The Morgan fingerprint density at radius 2 is 1.95 bits per heavy atom. The van der Waals surface area contributed by atoms with Gasteiger partial charge in [-0.15, -0.1) is 10.2 Å². The monoisotopic (exact) mass is 334 g/mol. The predicted molar refractivity (Wildman–Crippen MR) is 80.7 cm³/mol. The lowest BCUT2D eigenvalue weighted by Crippen LogP contribution is -2.02. The van der Waals surface area contributed by atoms with E-state index in [2.05, 4.69) is 15.3 Å². The van der Waals surface area contributed by atoms with Crippen molar-refractivity contribution < 1.29 is 9.90 Å². The van der Waals surface area contributed by atoms with Gasteiger partial charge in [-0.25, -0.2) is 4.68 Å². The van der Waals surface area contributed by atoms with Gasteiger partial charge in [0.1, 0.15) is 5.75 Å². The van der Waals surface area contributed by atoms with Gasteiger partial charge in [0.15, 0.2) is 16.8 Å². The molecule has 1 N–H and O–H groups in total. The third-order valence-electron chi connectivity index (χ3n) is 2.90. The molecule has 22 heavy (non-hydrogen) atoms. The van der Waals surface area contributed by atoms with E-state index in [1.54, 1.807) is 12.1 Å². The van der Waals surface area contributed by atoms with Crippen LogP contribution in [0.4, 0.5) is 0 Å². The summed E-state index contributed by atoms with van der Waals surface area (Å²) in [5, 5.41) is 22.0. The van der Waals surface area contributed by atoms with Gasteiger partial charge in [-0.2, -0.15) is 5.10 Å². The van der Waals surface area contributed by atoms with Crippen molar-refractivity contribution in [1.29, 1.82) is 0 Å². The van der Waals surface area contributed by atoms with Crippen LogP contribution in [-0.4, -0.2) is 30.9 Å². The fourth-order valence-electron chi connectivity index (χ4n) is 1.84. The van der Waals surface area contributed by atoms with E-state index >= 15 is 0 Å². The Labute approximate surface area is 134 Å². The Morgan fingerprint density at radius 1 is 1.14 bits per heavy atom. The van der Waals surface area contributed by atoms with E-state index in [4.69, 9.17) is 23.2 Å². The van der Waals surface area contributed by atoms with Crippen LogP contribution in [0.25, 0.3) is 5.82 Å². The van der Waals surface area contributed by atoms with Gasteiger partial charge in [0, 0.05) is 11.2 Å². The molecule has 3 aromatic rings. The van der Waals surface area contributed by atoms with Crippen LogP contribution in [0.5, 0.6) is 5.75 Å². The minimum Gasteiger partial charge on any atom is -0.507 e. The number of hydrogen-bond donors (Lipinski definition) is 1. The number of hydrogen-bond acceptors (Lipinski definition) is 5. The number of phenolic OH excluding ortho intramolecular Hbond substituents is 1. The molecule has 0 spiro atoms. The summed E-state index contributed by atoms with van der Waals surface area (Å²) in [5.74, 6) is -0.125. The molecule has 0 aliphatic rings. The lowest BCUT2D eigenvalue weighted by Gasteiger charge is -2.02. The molecule has 1 aromatic carbocycles. The van der Waals surface area contributed by atoms with Crippen molar-refractivity contribution in [2.75, 3.05) is 0 Å². The Kier molecular flexibility index (Phi) is 3.79. The predicted octanol–water partition coefficient (Wildman–Crippen LogP) is 2.91.